The zero-order valence-corrected chi connectivity index (χ0v) is 18.9. The Morgan fingerprint density at radius 3 is 2.79 bits per heavy atom. The van der Waals surface area contributed by atoms with Crippen LogP contribution in [0.2, 0.25) is 0 Å². The summed E-state index contributed by atoms with van der Waals surface area (Å²) < 4.78 is 32.5. The van der Waals surface area contributed by atoms with E-state index in [1.807, 2.05) is 6.26 Å². The van der Waals surface area contributed by atoms with Crippen molar-refractivity contribution in [2.24, 2.45) is 0 Å². The number of methoxy groups -OCH3 is 1. The van der Waals surface area contributed by atoms with E-state index in [2.05, 4.69) is 28.0 Å². The topological polar surface area (TPSA) is 114 Å². The van der Waals surface area contributed by atoms with Gasteiger partial charge in [-0.1, -0.05) is 6.07 Å². The van der Waals surface area contributed by atoms with E-state index in [9.17, 15) is 18.0 Å². The maximum Gasteiger partial charge on any atom is 0.328 e. The number of ether oxygens (including phenoxy) is 1. The number of thiol groups is 1. The third-order valence-electron chi connectivity index (χ3n) is 4.53. The van der Waals surface area contributed by atoms with Gasteiger partial charge in [-0.2, -0.15) is 24.4 Å². The lowest BCUT2D eigenvalue weighted by Crippen LogP contribution is -2.42. The Balaban J connectivity index is 2.06. The lowest BCUT2D eigenvalue weighted by atomic mass is 10.1. The van der Waals surface area contributed by atoms with Crippen LogP contribution in [0.1, 0.15) is 23.2 Å². The van der Waals surface area contributed by atoms with E-state index in [4.69, 9.17) is 4.74 Å². The van der Waals surface area contributed by atoms with E-state index in [0.717, 1.165) is 13.0 Å². The van der Waals surface area contributed by atoms with Gasteiger partial charge >= 0.3 is 5.97 Å². The smallest absolute Gasteiger partial charge is 0.328 e. The SMILES string of the molecule is COC(=O)[C@H](CCSC)NC(=O)c1cccc(S(=O)(=O)NC[C@@H]2C[C@H](S)CN2)c1. The predicted octanol–water partition coefficient (Wildman–Crippen LogP) is 0.650. The van der Waals surface area contributed by atoms with Crippen molar-refractivity contribution >= 4 is 46.3 Å². The summed E-state index contributed by atoms with van der Waals surface area (Å²) in [5.41, 5.74) is 0.153. The van der Waals surface area contributed by atoms with Crippen LogP contribution >= 0.6 is 24.4 Å². The number of benzene rings is 1. The first kappa shape index (κ1) is 24.0. The van der Waals surface area contributed by atoms with Crippen LogP contribution in [0.5, 0.6) is 0 Å². The van der Waals surface area contributed by atoms with Crippen LogP contribution in [0.25, 0.3) is 0 Å². The molecule has 1 aliphatic heterocycles. The number of hydrogen-bond acceptors (Lipinski definition) is 8. The normalized spacial score (nSPS) is 20.2. The van der Waals surface area contributed by atoms with Gasteiger partial charge in [0, 0.05) is 29.9 Å². The number of nitrogens with one attached hydrogen (secondary N) is 3. The van der Waals surface area contributed by atoms with Gasteiger partial charge in [0.05, 0.1) is 12.0 Å². The van der Waals surface area contributed by atoms with Crippen molar-refractivity contribution in [3.8, 4) is 0 Å². The lowest BCUT2D eigenvalue weighted by molar-refractivity contribution is -0.142. The molecular formula is C18H27N3O5S3. The molecule has 0 spiro atoms. The number of esters is 1. The van der Waals surface area contributed by atoms with Crippen molar-refractivity contribution in [3.05, 3.63) is 29.8 Å². The van der Waals surface area contributed by atoms with Crippen LogP contribution in [-0.2, 0) is 19.6 Å². The molecule has 3 N–H and O–H groups in total. The average Bonchev–Trinajstić information content (AvgIpc) is 3.14. The van der Waals surface area contributed by atoms with Crippen LogP contribution in [0, 0.1) is 0 Å². The van der Waals surface area contributed by atoms with Crippen molar-refractivity contribution in [1.82, 2.24) is 15.4 Å². The largest absolute Gasteiger partial charge is 0.467 e. The first-order valence-corrected chi connectivity index (χ1v) is 12.5. The maximum absolute atomic E-state index is 12.6. The Morgan fingerprint density at radius 1 is 1.41 bits per heavy atom. The van der Waals surface area contributed by atoms with E-state index in [-0.39, 0.29) is 28.3 Å². The van der Waals surface area contributed by atoms with E-state index in [1.54, 1.807) is 11.8 Å². The average molecular weight is 462 g/mol. The van der Waals surface area contributed by atoms with Gasteiger partial charge < -0.3 is 15.4 Å². The standard InChI is InChI=1S/C18H27N3O5S3/c1-26-18(23)16(6-7-28-2)21-17(22)12-4-3-5-15(8-12)29(24,25)20-10-13-9-14(27)11-19-13/h3-5,8,13-14,16,19-20,27H,6-7,9-11H2,1-2H3,(H,21,22)/t13-,14-,16-/m0/s1. The highest BCUT2D eigenvalue weighted by Gasteiger charge is 2.25. The Morgan fingerprint density at radius 2 is 2.17 bits per heavy atom. The zero-order chi connectivity index (χ0) is 21.4. The number of amides is 1. The molecule has 0 bridgehead atoms. The van der Waals surface area contributed by atoms with Gasteiger partial charge in [0.2, 0.25) is 10.0 Å². The summed E-state index contributed by atoms with van der Waals surface area (Å²) in [5, 5.41) is 6.03. The Hall–Kier alpha value is -1.27. The number of hydrogen-bond donors (Lipinski definition) is 4. The molecule has 0 saturated carbocycles. The first-order chi connectivity index (χ1) is 13.8. The van der Waals surface area contributed by atoms with E-state index in [0.29, 0.717) is 12.2 Å². The van der Waals surface area contributed by atoms with Crippen molar-refractivity contribution in [1.29, 1.82) is 0 Å². The second-order valence-electron chi connectivity index (χ2n) is 6.71. The molecule has 1 aliphatic rings. The monoisotopic (exact) mass is 461 g/mol. The quantitative estimate of drug-likeness (QED) is 0.299. The van der Waals surface area contributed by atoms with Crippen LogP contribution in [-0.4, -0.2) is 69.8 Å². The molecule has 3 atom stereocenters. The van der Waals surface area contributed by atoms with Crippen molar-refractivity contribution in [2.75, 3.05) is 32.2 Å². The van der Waals surface area contributed by atoms with E-state index in [1.165, 1.54) is 31.4 Å². The molecular weight excluding hydrogens is 434 g/mol. The van der Waals surface area contributed by atoms with Crippen LogP contribution < -0.4 is 15.4 Å². The molecule has 1 heterocycles. The fourth-order valence-electron chi connectivity index (χ4n) is 2.92. The minimum absolute atomic E-state index is 0.00991. The minimum Gasteiger partial charge on any atom is -0.467 e. The summed E-state index contributed by atoms with van der Waals surface area (Å²) in [6.07, 6.45) is 3.09. The molecule has 162 valence electrons. The van der Waals surface area contributed by atoms with Crippen molar-refractivity contribution in [2.45, 2.75) is 35.1 Å². The van der Waals surface area contributed by atoms with Gasteiger partial charge in [0.1, 0.15) is 6.04 Å². The summed E-state index contributed by atoms with van der Waals surface area (Å²) in [4.78, 5) is 24.4. The third kappa shape index (κ3) is 7.18. The fraction of sp³-hybridized carbons (Fsp3) is 0.556. The first-order valence-electron chi connectivity index (χ1n) is 9.15. The summed E-state index contributed by atoms with van der Waals surface area (Å²) in [6.45, 7) is 0.984. The Labute approximate surface area is 181 Å². The summed E-state index contributed by atoms with van der Waals surface area (Å²) in [7, 11) is -2.52. The summed E-state index contributed by atoms with van der Waals surface area (Å²) in [5.74, 6) is -0.404. The number of sulfonamides is 1. The van der Waals surface area contributed by atoms with Gasteiger partial charge in [0.25, 0.3) is 5.91 Å². The molecule has 8 nitrogen and oxygen atoms in total. The van der Waals surface area contributed by atoms with Crippen LogP contribution in [0.4, 0.5) is 0 Å². The Bertz CT molecular complexity index is 819. The fourth-order valence-corrected chi connectivity index (χ4v) is 4.88. The highest BCUT2D eigenvalue weighted by Crippen LogP contribution is 2.15. The molecule has 1 amide bonds. The lowest BCUT2D eigenvalue weighted by Gasteiger charge is -2.16. The molecule has 1 fully saturated rings. The molecule has 11 heteroatoms. The zero-order valence-electron chi connectivity index (χ0n) is 16.4. The molecule has 1 aromatic rings. The third-order valence-corrected chi connectivity index (χ3v) is 6.99. The summed E-state index contributed by atoms with van der Waals surface area (Å²) >= 11 is 5.92. The number of carbonyl (C=O) groups is 2. The van der Waals surface area contributed by atoms with Crippen molar-refractivity contribution < 1.29 is 22.7 Å². The second kappa shape index (κ2) is 11.2. The molecule has 1 aromatic carbocycles. The molecule has 2 rings (SSSR count). The molecule has 0 unspecified atom stereocenters. The molecule has 0 aliphatic carbocycles. The maximum atomic E-state index is 12.6. The molecule has 1 saturated heterocycles. The molecule has 0 aromatic heterocycles. The highest BCUT2D eigenvalue weighted by atomic mass is 32.2. The van der Waals surface area contributed by atoms with Crippen molar-refractivity contribution in [3.63, 3.8) is 0 Å². The Kier molecular flexibility index (Phi) is 9.28. The van der Waals surface area contributed by atoms with Gasteiger partial charge in [0.15, 0.2) is 0 Å². The van der Waals surface area contributed by atoms with Crippen LogP contribution in [0.3, 0.4) is 0 Å². The molecule has 0 radical (unpaired) electrons. The van der Waals surface area contributed by atoms with Gasteiger partial charge in [-0.05, 0) is 43.0 Å². The second-order valence-corrected chi connectivity index (χ2v) is 10.2. The number of carbonyl (C=O) groups excluding carboxylic acids is 2. The predicted molar refractivity (Wildman–Crippen MR) is 117 cm³/mol. The number of rotatable bonds is 10. The van der Waals surface area contributed by atoms with E-state index >= 15 is 0 Å². The van der Waals surface area contributed by atoms with Gasteiger partial charge in [-0.3, -0.25) is 4.79 Å². The minimum atomic E-state index is -3.77. The van der Waals surface area contributed by atoms with Crippen LogP contribution in [0.15, 0.2) is 29.2 Å². The number of thioether (sulfide) groups is 1. The summed E-state index contributed by atoms with van der Waals surface area (Å²) in [6, 6.07) is 4.95. The highest BCUT2D eigenvalue weighted by molar-refractivity contribution is 7.98. The van der Waals surface area contributed by atoms with Gasteiger partial charge in [-0.15, -0.1) is 0 Å². The van der Waals surface area contributed by atoms with E-state index < -0.39 is 27.9 Å². The van der Waals surface area contributed by atoms with Gasteiger partial charge in [-0.25, -0.2) is 17.9 Å². The molecule has 29 heavy (non-hydrogen) atoms.